The van der Waals surface area contributed by atoms with Gasteiger partial charge in [-0.15, -0.1) is 5.10 Å². The van der Waals surface area contributed by atoms with E-state index >= 15 is 0 Å². The maximum atomic E-state index is 14.1. The maximum Gasteiger partial charge on any atom is 0.163 e. The van der Waals surface area contributed by atoms with Gasteiger partial charge in [0.25, 0.3) is 0 Å². The van der Waals surface area contributed by atoms with Crippen molar-refractivity contribution in [2.45, 2.75) is 6.92 Å². The Morgan fingerprint density at radius 3 is 2.45 bits per heavy atom. The van der Waals surface area contributed by atoms with Gasteiger partial charge in [0.1, 0.15) is 29.7 Å². The molecule has 7 nitrogen and oxygen atoms in total. The van der Waals surface area contributed by atoms with E-state index in [1.54, 1.807) is 37.4 Å². The van der Waals surface area contributed by atoms with E-state index in [0.717, 1.165) is 0 Å². The van der Waals surface area contributed by atoms with Gasteiger partial charge in [-0.2, -0.15) is 15.8 Å². The number of nitriles is 3. The Balaban J connectivity index is 2.36. The summed E-state index contributed by atoms with van der Waals surface area (Å²) in [4.78, 5) is 0. The molecular weight excluding hydrogens is 285 g/mol. The molecule has 0 atom stereocenters. The molecule has 1 aromatic carbocycles. The Morgan fingerprint density at radius 1 is 1.23 bits per heavy atom. The topological polar surface area (TPSA) is 114 Å². The first-order chi connectivity index (χ1) is 10.6. The molecule has 0 amide bonds. The maximum absolute atomic E-state index is 14.1. The largest absolute Gasteiger partial charge is 0.343 e. The van der Waals surface area contributed by atoms with Crippen LogP contribution < -0.4 is 5.32 Å². The lowest BCUT2D eigenvalue weighted by atomic mass is 10.2. The molecule has 22 heavy (non-hydrogen) atoms. The molecule has 0 unspecified atom stereocenters. The lowest BCUT2D eigenvalue weighted by Crippen LogP contribution is -2.04. The van der Waals surface area contributed by atoms with Gasteiger partial charge in [0.05, 0.1) is 23.3 Å². The van der Waals surface area contributed by atoms with E-state index in [2.05, 4.69) is 15.6 Å². The molecule has 0 saturated heterocycles. The van der Waals surface area contributed by atoms with Gasteiger partial charge in [-0.25, -0.2) is 9.07 Å². The first kappa shape index (κ1) is 14.7. The molecule has 0 saturated carbocycles. The van der Waals surface area contributed by atoms with E-state index in [1.165, 1.54) is 16.8 Å². The predicted molar refractivity (Wildman–Crippen MR) is 73.5 cm³/mol. The van der Waals surface area contributed by atoms with Crippen LogP contribution in [0.3, 0.4) is 0 Å². The first-order valence-electron chi connectivity index (χ1n) is 5.99. The van der Waals surface area contributed by atoms with Crippen LogP contribution in [0.5, 0.6) is 0 Å². The molecule has 1 aromatic heterocycles. The van der Waals surface area contributed by atoms with Gasteiger partial charge in [0.2, 0.25) is 0 Å². The Morgan fingerprint density at radius 2 is 1.95 bits per heavy atom. The molecule has 0 radical (unpaired) electrons. The van der Waals surface area contributed by atoms with E-state index in [-0.39, 0.29) is 11.4 Å². The lowest BCUT2D eigenvalue weighted by Gasteiger charge is -2.08. The second-order valence-electron chi connectivity index (χ2n) is 4.18. The molecule has 0 aliphatic rings. The van der Waals surface area contributed by atoms with Crippen LogP contribution in [0.25, 0.3) is 5.69 Å². The zero-order chi connectivity index (χ0) is 16.1. The quantitative estimate of drug-likeness (QED) is 0.865. The van der Waals surface area contributed by atoms with Crippen molar-refractivity contribution in [1.82, 2.24) is 15.0 Å². The van der Waals surface area contributed by atoms with Crippen molar-refractivity contribution >= 4 is 5.69 Å². The standard InChI is InChI=1S/C14H8FN7/c1-9-8-22(21-20-9)11-2-3-13(12(15)4-11)19-14(7-18)10(5-16)6-17/h2-4,8,19H,1H3. The number of rotatable bonds is 3. The van der Waals surface area contributed by atoms with Crippen molar-refractivity contribution < 1.29 is 4.39 Å². The summed E-state index contributed by atoms with van der Waals surface area (Å²) in [5.41, 5.74) is 0.378. The third-order valence-corrected chi connectivity index (χ3v) is 2.67. The fraction of sp³-hybridized carbons (Fsp3) is 0.0714. The highest BCUT2D eigenvalue weighted by atomic mass is 19.1. The van der Waals surface area contributed by atoms with Crippen LogP contribution in [0.1, 0.15) is 5.69 Å². The SMILES string of the molecule is Cc1cn(-c2ccc(NC(C#N)=C(C#N)C#N)c(F)c2)nn1. The van der Waals surface area contributed by atoms with Crippen molar-refractivity contribution in [3.05, 3.63) is 47.2 Å². The highest BCUT2D eigenvalue weighted by Crippen LogP contribution is 2.20. The highest BCUT2D eigenvalue weighted by molar-refractivity contribution is 5.60. The summed E-state index contributed by atoms with van der Waals surface area (Å²) in [7, 11) is 0. The van der Waals surface area contributed by atoms with Gasteiger partial charge in [0, 0.05) is 6.07 Å². The molecule has 0 aliphatic carbocycles. The minimum absolute atomic E-state index is 0.0277. The van der Waals surface area contributed by atoms with E-state index in [4.69, 9.17) is 15.8 Å². The van der Waals surface area contributed by atoms with Gasteiger partial charge in [0.15, 0.2) is 5.57 Å². The second-order valence-corrected chi connectivity index (χ2v) is 4.18. The van der Waals surface area contributed by atoms with Crippen molar-refractivity contribution in [3.63, 3.8) is 0 Å². The minimum Gasteiger partial charge on any atom is -0.343 e. The average Bonchev–Trinajstić information content (AvgIpc) is 2.95. The first-order valence-corrected chi connectivity index (χ1v) is 5.99. The molecule has 0 fully saturated rings. The van der Waals surface area contributed by atoms with Crippen LogP contribution >= 0.6 is 0 Å². The summed E-state index contributed by atoms with van der Waals surface area (Å²) < 4.78 is 15.5. The van der Waals surface area contributed by atoms with Gasteiger partial charge in [-0.1, -0.05) is 5.21 Å². The van der Waals surface area contributed by atoms with Crippen LogP contribution in [-0.4, -0.2) is 15.0 Å². The zero-order valence-corrected chi connectivity index (χ0v) is 11.4. The van der Waals surface area contributed by atoms with Crippen LogP contribution in [0.15, 0.2) is 35.7 Å². The molecule has 0 aliphatic heterocycles. The van der Waals surface area contributed by atoms with E-state index in [9.17, 15) is 4.39 Å². The third-order valence-electron chi connectivity index (χ3n) is 2.67. The Bertz CT molecular complexity index is 858. The average molecular weight is 293 g/mol. The summed E-state index contributed by atoms with van der Waals surface area (Å²) >= 11 is 0. The van der Waals surface area contributed by atoms with Gasteiger partial charge in [-0.3, -0.25) is 0 Å². The molecule has 0 spiro atoms. The smallest absolute Gasteiger partial charge is 0.163 e. The van der Waals surface area contributed by atoms with Crippen molar-refractivity contribution in [3.8, 4) is 23.9 Å². The normalized spacial score (nSPS) is 9.23. The molecule has 1 heterocycles. The number of aromatic nitrogens is 3. The number of hydrogen-bond acceptors (Lipinski definition) is 6. The zero-order valence-electron chi connectivity index (χ0n) is 11.4. The van der Waals surface area contributed by atoms with Crippen LogP contribution in [0, 0.1) is 46.7 Å². The summed E-state index contributed by atoms with van der Waals surface area (Å²) in [6, 6.07) is 8.94. The van der Waals surface area contributed by atoms with Crippen molar-refractivity contribution in [1.29, 1.82) is 15.8 Å². The Kier molecular flexibility index (Phi) is 4.12. The number of halogens is 1. The number of hydrogen-bond donors (Lipinski definition) is 1. The Hall–Kier alpha value is -3.70. The summed E-state index contributed by atoms with van der Waals surface area (Å²) in [5, 5.41) is 36.5. The molecule has 1 N–H and O–H groups in total. The number of aryl methyl sites for hydroxylation is 1. The predicted octanol–water partition coefficient (Wildman–Crippen LogP) is 1.95. The van der Waals surface area contributed by atoms with Gasteiger partial charge in [-0.05, 0) is 19.1 Å². The van der Waals surface area contributed by atoms with Crippen molar-refractivity contribution in [2.24, 2.45) is 0 Å². The van der Waals surface area contributed by atoms with Crippen LogP contribution in [-0.2, 0) is 0 Å². The summed E-state index contributed by atoms with van der Waals surface area (Å²) in [6.07, 6.45) is 1.63. The Labute approximate surface area is 125 Å². The van der Waals surface area contributed by atoms with E-state index in [0.29, 0.717) is 11.4 Å². The van der Waals surface area contributed by atoms with Crippen LogP contribution in [0.2, 0.25) is 0 Å². The number of allylic oxidation sites excluding steroid dienone is 2. The lowest BCUT2D eigenvalue weighted by molar-refractivity contribution is 0.628. The van der Waals surface area contributed by atoms with Crippen molar-refractivity contribution in [2.75, 3.05) is 5.32 Å². The fourth-order valence-corrected chi connectivity index (χ4v) is 1.64. The molecule has 2 aromatic rings. The molecule has 0 bridgehead atoms. The molecule has 8 heteroatoms. The monoisotopic (exact) mass is 293 g/mol. The van der Waals surface area contributed by atoms with E-state index in [1.807, 2.05) is 0 Å². The fourth-order valence-electron chi connectivity index (χ4n) is 1.64. The van der Waals surface area contributed by atoms with Crippen LogP contribution in [0.4, 0.5) is 10.1 Å². The molecule has 106 valence electrons. The minimum atomic E-state index is -0.659. The van der Waals surface area contributed by atoms with Gasteiger partial charge >= 0.3 is 0 Å². The van der Waals surface area contributed by atoms with Gasteiger partial charge < -0.3 is 5.32 Å². The second kappa shape index (κ2) is 6.17. The number of anilines is 1. The number of benzene rings is 1. The third kappa shape index (κ3) is 2.90. The summed E-state index contributed by atoms with van der Waals surface area (Å²) in [5.74, 6) is -0.659. The number of nitrogens with zero attached hydrogens (tertiary/aromatic N) is 6. The molecular formula is C14H8FN7. The molecule has 2 rings (SSSR count). The van der Waals surface area contributed by atoms with E-state index < -0.39 is 11.4 Å². The number of nitrogens with one attached hydrogen (secondary N) is 1. The summed E-state index contributed by atoms with van der Waals surface area (Å²) in [6.45, 7) is 1.76. The highest BCUT2D eigenvalue weighted by Gasteiger charge is 2.11.